The quantitative estimate of drug-likeness (QED) is 0.0116. The number of aliphatic hydroxyl groups excluding tert-OH is 11. The molecule has 5 aliphatic rings. The molecule has 37 heteroatoms. The first-order valence-electron chi connectivity index (χ1n) is 28.8. The number of aromatic hydroxyl groups is 7. The third-order valence-electron chi connectivity index (χ3n) is 15.4. The third kappa shape index (κ3) is 16.4. The van der Waals surface area contributed by atoms with Gasteiger partial charge in [0.1, 0.15) is 122 Å². The molecule has 4 aromatic rings. The molecule has 5 heterocycles. The lowest BCUT2D eigenvalue weighted by molar-refractivity contribution is -0.364. The fraction of sp³-hybridized carbons (Fsp3) is 0.417. The number of rotatable bonds is 22. The van der Waals surface area contributed by atoms with Crippen molar-refractivity contribution in [2.24, 2.45) is 0 Å². The van der Waals surface area contributed by atoms with Gasteiger partial charge in [0, 0.05) is 29.8 Å². The Morgan fingerprint density at radius 1 is 0.495 bits per heavy atom. The maximum Gasteiger partial charge on any atom is 0.335 e. The van der Waals surface area contributed by atoms with Gasteiger partial charge in [0.15, 0.2) is 65.2 Å². The number of phenolic OH excluding ortho intramolecular Hbond substituents is 7. The SMILES string of the molecule is O=C(O)CC(=O)OC[C@H]1O[C@@H](OC2=Cc3c(O)cc(O[C@@H]4O[C@@H](COC(=O)/C=C/c5ccc(O)c(O)c5)[C@@H](O)[C@H](O)[C@H]4O)cc3OC2c2cc(O)c(O)c(O[C@@H]3O[C@H](C(=O)O)[C@@H](O)[C@H](O)[C@H]3O)c2)[C@H](O[C@@H]2O[C@@H](CO)[C@@H](O)[C@H](O)[C@H]2OC(=O)/C=C/c2ccc(O)c(O)c2)[C@@H](O)[C@H]1O. The zero-order valence-electron chi connectivity index (χ0n) is 49.5. The van der Waals surface area contributed by atoms with E-state index in [4.69, 9.17) is 56.8 Å². The van der Waals surface area contributed by atoms with Gasteiger partial charge < -0.3 is 159 Å². The maximum atomic E-state index is 13.4. The number of ether oxygens (including phenoxy) is 12. The summed E-state index contributed by atoms with van der Waals surface area (Å²) in [6.45, 7) is -2.95. The van der Waals surface area contributed by atoms with Crippen LogP contribution in [0.4, 0.5) is 0 Å². The largest absolute Gasteiger partial charge is 0.507 e. The highest BCUT2D eigenvalue weighted by Gasteiger charge is 2.55. The number of carbonyl (C=O) groups excluding carboxylic acids is 3. The Kier molecular flexibility index (Phi) is 22.5. The highest BCUT2D eigenvalue weighted by molar-refractivity contribution is 5.90. The predicted molar refractivity (Wildman–Crippen MR) is 308 cm³/mol. The summed E-state index contributed by atoms with van der Waals surface area (Å²) in [4.78, 5) is 62.0. The molecule has 5 aliphatic heterocycles. The molecule has 20 N–H and O–H groups in total. The van der Waals surface area contributed by atoms with Gasteiger partial charge in [-0.05, 0) is 65.8 Å². The van der Waals surface area contributed by atoms with E-state index in [0.717, 1.165) is 72.8 Å². The lowest BCUT2D eigenvalue weighted by Crippen LogP contribution is -2.65. The number of phenols is 7. The summed E-state index contributed by atoms with van der Waals surface area (Å²) in [5.41, 5.74) is -0.494. The van der Waals surface area contributed by atoms with E-state index >= 15 is 0 Å². The van der Waals surface area contributed by atoms with Crippen LogP contribution in [0.2, 0.25) is 0 Å². The first kappa shape index (κ1) is 71.9. The summed E-state index contributed by atoms with van der Waals surface area (Å²) in [5, 5.41) is 213. The van der Waals surface area contributed by atoms with Gasteiger partial charge in [0.05, 0.1) is 12.2 Å². The number of carboxylic acid groups (broad SMARTS) is 2. The van der Waals surface area contributed by atoms with Gasteiger partial charge in [0.2, 0.25) is 24.6 Å². The molecule has 4 fully saturated rings. The molecular weight excluding hydrogens is 1310 g/mol. The van der Waals surface area contributed by atoms with E-state index in [1.807, 2.05) is 0 Å². The summed E-state index contributed by atoms with van der Waals surface area (Å²) in [7, 11) is 0. The molecule has 0 aliphatic carbocycles. The lowest BCUT2D eigenvalue weighted by atomic mass is 9.96. The second-order valence-electron chi connectivity index (χ2n) is 22.2. The van der Waals surface area contributed by atoms with Crippen LogP contribution in [-0.4, -0.2) is 275 Å². The lowest BCUT2D eigenvalue weighted by Gasteiger charge is -2.47. The average molecular weight is 1380 g/mol. The number of aliphatic hydroxyl groups is 11. The number of carboxylic acids is 2. The number of aliphatic carboxylic acids is 2. The first-order valence-corrected chi connectivity index (χ1v) is 28.8. The molecule has 0 amide bonds. The molecule has 97 heavy (non-hydrogen) atoms. The number of hydrogen-bond acceptors (Lipinski definition) is 35. The van der Waals surface area contributed by atoms with Gasteiger partial charge in [-0.1, -0.05) is 12.1 Å². The van der Waals surface area contributed by atoms with E-state index in [1.54, 1.807) is 0 Å². The van der Waals surface area contributed by atoms with Gasteiger partial charge >= 0.3 is 29.8 Å². The molecule has 1 unspecified atom stereocenters. The highest BCUT2D eigenvalue weighted by Crippen LogP contribution is 2.49. The Balaban J connectivity index is 1.08. The number of carbonyl (C=O) groups is 5. The number of benzene rings is 4. The normalized spacial score (nSPS) is 31.8. The Morgan fingerprint density at radius 3 is 1.66 bits per heavy atom. The van der Waals surface area contributed by atoms with Crippen molar-refractivity contribution in [2.45, 2.75) is 135 Å². The summed E-state index contributed by atoms with van der Waals surface area (Å²) >= 11 is 0. The maximum absolute atomic E-state index is 13.4. The zero-order valence-corrected chi connectivity index (χ0v) is 49.5. The molecule has 0 saturated carbocycles. The van der Waals surface area contributed by atoms with Gasteiger partial charge in [-0.3, -0.25) is 9.59 Å². The molecule has 4 aromatic carbocycles. The van der Waals surface area contributed by atoms with Crippen molar-refractivity contribution in [1.82, 2.24) is 0 Å². The van der Waals surface area contributed by atoms with Crippen LogP contribution < -0.4 is 14.2 Å². The molecule has 526 valence electrons. The van der Waals surface area contributed by atoms with Crippen molar-refractivity contribution in [1.29, 1.82) is 0 Å². The summed E-state index contributed by atoms with van der Waals surface area (Å²) in [5.74, 6) is -15.0. The molecule has 21 atom stereocenters. The Bertz CT molecular complexity index is 3630. The van der Waals surface area contributed by atoms with Gasteiger partial charge in [-0.25, -0.2) is 14.4 Å². The molecule has 0 spiro atoms. The molecule has 0 radical (unpaired) electrons. The fourth-order valence-electron chi connectivity index (χ4n) is 10.3. The minimum atomic E-state index is -2.40. The van der Waals surface area contributed by atoms with E-state index in [-0.39, 0.29) is 11.1 Å². The van der Waals surface area contributed by atoms with E-state index in [2.05, 4.69) is 0 Å². The molecule has 9 rings (SSSR count). The van der Waals surface area contributed by atoms with Gasteiger partial charge in [0.25, 0.3) is 0 Å². The Labute approximate surface area is 543 Å². The number of hydrogen-bond donors (Lipinski definition) is 20. The molecule has 4 saturated heterocycles. The molecular formula is C60H64O37. The smallest absolute Gasteiger partial charge is 0.335 e. The highest BCUT2D eigenvalue weighted by atomic mass is 16.8. The van der Waals surface area contributed by atoms with Crippen molar-refractivity contribution in [3.63, 3.8) is 0 Å². The van der Waals surface area contributed by atoms with E-state index in [9.17, 15) is 126 Å². The van der Waals surface area contributed by atoms with Crippen LogP contribution in [0, 0.1) is 0 Å². The van der Waals surface area contributed by atoms with Crippen molar-refractivity contribution in [2.75, 3.05) is 19.8 Å². The minimum Gasteiger partial charge on any atom is -0.507 e. The van der Waals surface area contributed by atoms with Crippen LogP contribution in [0.25, 0.3) is 18.2 Å². The van der Waals surface area contributed by atoms with Crippen LogP contribution in [0.3, 0.4) is 0 Å². The van der Waals surface area contributed by atoms with Crippen molar-refractivity contribution < 1.29 is 183 Å². The van der Waals surface area contributed by atoms with E-state index < -0.39 is 259 Å². The van der Waals surface area contributed by atoms with Crippen LogP contribution in [-0.2, 0) is 66.6 Å². The first-order chi connectivity index (χ1) is 45.9. The Morgan fingerprint density at radius 2 is 1.05 bits per heavy atom. The number of fused-ring (bicyclic) bond motifs is 1. The van der Waals surface area contributed by atoms with Crippen molar-refractivity contribution >= 4 is 48.1 Å². The van der Waals surface area contributed by atoms with Gasteiger partial charge in [-0.15, -0.1) is 0 Å². The minimum absolute atomic E-state index is 0.119. The van der Waals surface area contributed by atoms with Crippen LogP contribution in [0.15, 0.2) is 78.6 Å². The second kappa shape index (κ2) is 30.4. The summed E-state index contributed by atoms with van der Waals surface area (Å²) < 4.78 is 68.5. The standard InChI is InChI=1S/C60H64O37/c61-17-34-42(74)47(79)54(95-39(71)8-4-21-2-6-26(63)29(66)10-21)60(92-34)97-55-48(80)44(76)36(19-87-40(72)16-37(68)69)94-59(55)91-33-15-24-27(64)13-23(88-57-50(82)45(77)43(75)35(93-57)18-86-38(70)7-3-20-1-5-25(62)28(65)9-20)14-31(24)89-52(33)22-11-30(67)41(73)32(12-22)90-58-51(83)46(78)49(81)53(96-58)56(84)85/h1-15,34-36,42-55,57-67,73-83H,16-19H2,(H,68,69)(H,84,85)/b7-3+,8-4+/t34-,35-,36+,42+,43+,44-,45-,46-,47-,48-,49-,50+,51+,52?,53-,54+,55+,57+,58+,59+,60-/m0/s1. The van der Waals surface area contributed by atoms with Crippen LogP contribution in [0.1, 0.15) is 34.8 Å². The summed E-state index contributed by atoms with van der Waals surface area (Å²) in [6.07, 6.45) is -41.2. The van der Waals surface area contributed by atoms with Crippen LogP contribution >= 0.6 is 0 Å². The number of esters is 3. The Hall–Kier alpha value is -9.39. The van der Waals surface area contributed by atoms with E-state index in [1.165, 1.54) is 18.2 Å². The summed E-state index contributed by atoms with van der Waals surface area (Å²) in [6, 6.07) is 10.4. The van der Waals surface area contributed by atoms with Gasteiger partial charge in [-0.2, -0.15) is 0 Å². The van der Waals surface area contributed by atoms with Crippen molar-refractivity contribution in [3.8, 4) is 57.5 Å². The average Bonchev–Trinajstić information content (AvgIpc) is 0.766. The topological polar surface area (TPSA) is 601 Å². The van der Waals surface area contributed by atoms with E-state index in [0.29, 0.717) is 0 Å². The fourth-order valence-corrected chi connectivity index (χ4v) is 10.3. The molecule has 37 nitrogen and oxygen atoms in total. The zero-order chi connectivity index (χ0) is 70.6. The van der Waals surface area contributed by atoms with Crippen LogP contribution in [0.5, 0.6) is 57.5 Å². The predicted octanol–water partition coefficient (Wildman–Crippen LogP) is -4.25. The molecule has 0 bridgehead atoms. The van der Waals surface area contributed by atoms with Crippen molar-refractivity contribution in [3.05, 3.63) is 101 Å². The second-order valence-corrected chi connectivity index (χ2v) is 22.2. The third-order valence-corrected chi connectivity index (χ3v) is 15.4. The monoisotopic (exact) mass is 1380 g/mol. The molecule has 0 aromatic heterocycles.